The summed E-state index contributed by atoms with van der Waals surface area (Å²) < 4.78 is 13.9. The molecular formula is C64H41NO2. The van der Waals surface area contributed by atoms with Gasteiger partial charge in [0.1, 0.15) is 16.7 Å². The van der Waals surface area contributed by atoms with Gasteiger partial charge in [0.05, 0.1) is 5.69 Å². The highest BCUT2D eigenvalue weighted by atomic mass is 16.3. The molecular weight excluding hydrogens is 815 g/mol. The monoisotopic (exact) mass is 855 g/mol. The molecule has 0 aliphatic heterocycles. The van der Waals surface area contributed by atoms with Gasteiger partial charge in [0, 0.05) is 49.4 Å². The van der Waals surface area contributed by atoms with Gasteiger partial charge in [-0.25, -0.2) is 0 Å². The summed E-state index contributed by atoms with van der Waals surface area (Å²) in [6, 6.07) is 88.9. The Bertz CT molecular complexity index is 3890. The third kappa shape index (κ3) is 6.67. The fourth-order valence-electron chi connectivity index (χ4n) is 9.99. The van der Waals surface area contributed by atoms with E-state index in [1.54, 1.807) is 0 Å². The summed E-state index contributed by atoms with van der Waals surface area (Å²) in [6.45, 7) is 0. The van der Waals surface area contributed by atoms with Crippen molar-refractivity contribution in [3.8, 4) is 55.6 Å². The predicted octanol–water partition coefficient (Wildman–Crippen LogP) is 18.4. The molecule has 0 aliphatic rings. The number of anilines is 3. The minimum Gasteiger partial charge on any atom is -0.455 e. The van der Waals surface area contributed by atoms with E-state index in [0.29, 0.717) is 0 Å². The lowest BCUT2D eigenvalue weighted by Crippen LogP contribution is -2.11. The topological polar surface area (TPSA) is 29.5 Å². The van der Waals surface area contributed by atoms with Crippen LogP contribution in [0.4, 0.5) is 17.1 Å². The first-order valence-corrected chi connectivity index (χ1v) is 22.8. The Morgan fingerprint density at radius 1 is 0.254 bits per heavy atom. The molecule has 314 valence electrons. The molecule has 2 heterocycles. The van der Waals surface area contributed by atoms with Crippen molar-refractivity contribution in [1.82, 2.24) is 0 Å². The molecule has 2 aromatic heterocycles. The average molecular weight is 856 g/mol. The summed E-state index contributed by atoms with van der Waals surface area (Å²) in [5.74, 6) is 0. The molecule has 0 saturated heterocycles. The molecule has 0 aliphatic carbocycles. The van der Waals surface area contributed by atoms with Crippen LogP contribution < -0.4 is 4.90 Å². The van der Waals surface area contributed by atoms with E-state index < -0.39 is 0 Å². The first-order chi connectivity index (χ1) is 33.2. The summed E-state index contributed by atoms with van der Waals surface area (Å²) in [4.78, 5) is 2.39. The van der Waals surface area contributed by atoms with Crippen LogP contribution in [0.2, 0.25) is 0 Å². The summed E-state index contributed by atoms with van der Waals surface area (Å²) in [6.07, 6.45) is 0. The number of furan rings is 2. The molecule has 0 bridgehead atoms. The van der Waals surface area contributed by atoms with Crippen molar-refractivity contribution in [2.24, 2.45) is 0 Å². The zero-order chi connectivity index (χ0) is 44.3. The van der Waals surface area contributed by atoms with Crippen molar-refractivity contribution in [3.63, 3.8) is 0 Å². The Hall–Kier alpha value is -8.92. The van der Waals surface area contributed by atoms with Crippen LogP contribution in [-0.4, -0.2) is 0 Å². The maximum atomic E-state index is 7.32. The third-order valence-electron chi connectivity index (χ3n) is 13.3. The Kier molecular flexibility index (Phi) is 9.17. The summed E-state index contributed by atoms with van der Waals surface area (Å²) in [5, 5.41) is 6.59. The Morgan fingerprint density at radius 2 is 0.746 bits per heavy atom. The van der Waals surface area contributed by atoms with Crippen molar-refractivity contribution >= 4 is 71.7 Å². The summed E-state index contributed by atoms with van der Waals surface area (Å²) in [5.41, 5.74) is 17.6. The molecule has 0 N–H and O–H groups in total. The molecule has 0 fully saturated rings. The van der Waals surface area contributed by atoms with E-state index in [0.717, 1.165) is 122 Å². The van der Waals surface area contributed by atoms with Gasteiger partial charge in [-0.05, 0) is 111 Å². The van der Waals surface area contributed by atoms with E-state index in [2.05, 4.69) is 241 Å². The number of fused-ring (bicyclic) bond motifs is 8. The first-order valence-electron chi connectivity index (χ1n) is 22.8. The van der Waals surface area contributed by atoms with Gasteiger partial charge >= 0.3 is 0 Å². The number of hydrogen-bond donors (Lipinski definition) is 0. The number of hydrogen-bond acceptors (Lipinski definition) is 3. The summed E-state index contributed by atoms with van der Waals surface area (Å²) >= 11 is 0. The minimum atomic E-state index is 0.818. The molecule has 11 aromatic carbocycles. The Labute approximate surface area is 388 Å². The van der Waals surface area contributed by atoms with Crippen LogP contribution >= 0.6 is 0 Å². The quantitative estimate of drug-likeness (QED) is 0.152. The van der Waals surface area contributed by atoms with Crippen LogP contribution in [-0.2, 0) is 0 Å². The van der Waals surface area contributed by atoms with Crippen LogP contribution in [0.5, 0.6) is 0 Å². The molecule has 13 aromatic rings. The van der Waals surface area contributed by atoms with E-state index >= 15 is 0 Å². The third-order valence-corrected chi connectivity index (χ3v) is 13.3. The number of benzene rings is 11. The molecule has 0 saturated carbocycles. The van der Waals surface area contributed by atoms with E-state index in [9.17, 15) is 0 Å². The van der Waals surface area contributed by atoms with Gasteiger partial charge in [0.2, 0.25) is 0 Å². The van der Waals surface area contributed by atoms with Crippen LogP contribution in [0.3, 0.4) is 0 Å². The van der Waals surface area contributed by atoms with Gasteiger partial charge < -0.3 is 13.7 Å². The fraction of sp³-hybridized carbons (Fsp3) is 0. The lowest BCUT2D eigenvalue weighted by molar-refractivity contribution is 0.670. The maximum absolute atomic E-state index is 7.32. The van der Waals surface area contributed by atoms with Gasteiger partial charge in [0.15, 0.2) is 5.58 Å². The van der Waals surface area contributed by atoms with Crippen LogP contribution in [0.1, 0.15) is 0 Å². The van der Waals surface area contributed by atoms with Crippen molar-refractivity contribution < 1.29 is 8.83 Å². The van der Waals surface area contributed by atoms with Gasteiger partial charge in [-0.15, -0.1) is 0 Å². The molecule has 0 atom stereocenters. The van der Waals surface area contributed by atoms with Gasteiger partial charge in [-0.1, -0.05) is 188 Å². The molecule has 67 heavy (non-hydrogen) atoms. The predicted molar refractivity (Wildman–Crippen MR) is 280 cm³/mol. The zero-order valence-electron chi connectivity index (χ0n) is 36.4. The summed E-state index contributed by atoms with van der Waals surface area (Å²) in [7, 11) is 0. The normalized spacial score (nSPS) is 11.6. The molecule has 3 heteroatoms. The molecule has 0 spiro atoms. The molecule has 13 rings (SSSR count). The average Bonchev–Trinajstić information content (AvgIpc) is 3.99. The standard InChI is InChI=1S/C64H41NO2/c1-4-15-42(16-5-1)45-27-32-51(33-28-45)65(52-34-29-47(30-35-52)55-24-14-25-57-56-23-12-13-26-60(56)66-62(55)57)61-53(37-38-59-58-36-31-46-21-10-11-22-54(46)63(58)67-64(59)61)50-40-48(43-17-6-2-7-18-43)39-49(41-50)44-19-8-3-9-20-44/h1-41H. The smallest absolute Gasteiger partial charge is 0.160 e. The maximum Gasteiger partial charge on any atom is 0.160 e. The van der Waals surface area contributed by atoms with E-state index in [1.807, 2.05) is 12.1 Å². The second-order valence-electron chi connectivity index (χ2n) is 17.2. The van der Waals surface area contributed by atoms with Gasteiger partial charge in [-0.3, -0.25) is 0 Å². The Balaban J connectivity index is 1.08. The minimum absolute atomic E-state index is 0.818. The SMILES string of the molecule is c1ccc(-c2ccc(N(c3ccc(-c4cccc5c4oc4ccccc45)cc3)c3c(-c4cc(-c5ccccc5)cc(-c5ccccc5)c4)ccc4c3oc3c5ccccc5ccc43)cc2)cc1. The molecule has 3 nitrogen and oxygen atoms in total. The Morgan fingerprint density at radius 3 is 1.42 bits per heavy atom. The second kappa shape index (κ2) is 16.0. The largest absolute Gasteiger partial charge is 0.455 e. The zero-order valence-corrected chi connectivity index (χ0v) is 36.4. The first kappa shape index (κ1) is 38.5. The van der Waals surface area contributed by atoms with E-state index in [1.165, 1.54) is 5.56 Å². The number of rotatable bonds is 8. The molecule has 0 radical (unpaired) electrons. The van der Waals surface area contributed by atoms with Gasteiger partial charge in [0.25, 0.3) is 0 Å². The number of para-hydroxylation sites is 2. The number of nitrogens with zero attached hydrogens (tertiary/aromatic N) is 1. The van der Waals surface area contributed by atoms with Crippen LogP contribution in [0.15, 0.2) is 258 Å². The van der Waals surface area contributed by atoms with Crippen molar-refractivity contribution in [1.29, 1.82) is 0 Å². The highest BCUT2D eigenvalue weighted by molar-refractivity contribution is 6.19. The van der Waals surface area contributed by atoms with Crippen molar-refractivity contribution in [3.05, 3.63) is 249 Å². The van der Waals surface area contributed by atoms with Crippen molar-refractivity contribution in [2.75, 3.05) is 4.90 Å². The lowest BCUT2D eigenvalue weighted by atomic mass is 9.91. The van der Waals surface area contributed by atoms with E-state index in [-0.39, 0.29) is 0 Å². The van der Waals surface area contributed by atoms with Gasteiger partial charge in [-0.2, -0.15) is 0 Å². The van der Waals surface area contributed by atoms with Crippen LogP contribution in [0.25, 0.3) is 110 Å². The molecule has 0 amide bonds. The molecule has 0 unspecified atom stereocenters. The lowest BCUT2D eigenvalue weighted by Gasteiger charge is -2.28. The van der Waals surface area contributed by atoms with Crippen LogP contribution in [0, 0.1) is 0 Å². The fourth-order valence-corrected chi connectivity index (χ4v) is 9.99. The second-order valence-corrected chi connectivity index (χ2v) is 17.2. The highest BCUT2D eigenvalue weighted by Gasteiger charge is 2.26. The van der Waals surface area contributed by atoms with Crippen molar-refractivity contribution in [2.45, 2.75) is 0 Å². The van der Waals surface area contributed by atoms with E-state index in [4.69, 9.17) is 8.83 Å². The highest BCUT2D eigenvalue weighted by Crippen LogP contribution is 2.50.